The predicted molar refractivity (Wildman–Crippen MR) is 140 cm³/mol. The van der Waals surface area contributed by atoms with Crippen LogP contribution in [0.4, 0.5) is 5.69 Å². The molecule has 36 heavy (non-hydrogen) atoms. The van der Waals surface area contributed by atoms with Gasteiger partial charge in [-0.25, -0.2) is 0 Å². The number of hydrogen-bond acceptors (Lipinski definition) is 7. The fraction of sp³-hybridized carbons (Fsp3) is 0.179. The third kappa shape index (κ3) is 6.29. The van der Waals surface area contributed by atoms with Crippen molar-refractivity contribution in [2.75, 3.05) is 40.9 Å². The molecule has 3 rings (SSSR count). The topological polar surface area (TPSA) is 95.5 Å². The molecule has 3 aromatic carbocycles. The van der Waals surface area contributed by atoms with Crippen LogP contribution >= 0.6 is 0 Å². The molecule has 188 valence electrons. The summed E-state index contributed by atoms with van der Waals surface area (Å²) in [5.74, 6) is 1.86. The first kappa shape index (κ1) is 26.0. The number of nitrogens with one attached hydrogen (secondary N) is 1. The van der Waals surface area contributed by atoms with Crippen LogP contribution in [0.25, 0.3) is 18.2 Å². The maximum atomic E-state index is 12.5. The number of carbonyl (C=O) groups is 1. The van der Waals surface area contributed by atoms with Crippen LogP contribution in [0.15, 0.2) is 54.6 Å². The number of carbonyl (C=O) groups excluding carboxylic acids is 1. The van der Waals surface area contributed by atoms with E-state index in [2.05, 4.69) is 5.32 Å². The lowest BCUT2D eigenvalue weighted by molar-refractivity contribution is -0.111. The van der Waals surface area contributed by atoms with E-state index in [-0.39, 0.29) is 17.2 Å². The van der Waals surface area contributed by atoms with Crippen molar-refractivity contribution in [1.29, 1.82) is 0 Å². The number of anilines is 1. The molecule has 0 fully saturated rings. The Morgan fingerprint density at radius 3 is 1.92 bits per heavy atom. The van der Waals surface area contributed by atoms with Crippen LogP contribution < -0.4 is 29.0 Å². The van der Waals surface area contributed by atoms with Crippen molar-refractivity contribution in [3.8, 4) is 34.5 Å². The minimum atomic E-state index is -0.416. The zero-order valence-electron chi connectivity index (χ0n) is 20.8. The monoisotopic (exact) mass is 491 g/mol. The Morgan fingerprint density at radius 2 is 1.33 bits per heavy atom. The summed E-state index contributed by atoms with van der Waals surface area (Å²) in [6.07, 6.45) is 6.68. The Bertz CT molecular complexity index is 1260. The quantitative estimate of drug-likeness (QED) is 0.227. The number of aromatic hydroxyl groups is 1. The largest absolute Gasteiger partial charge is 0.503 e. The van der Waals surface area contributed by atoms with Crippen molar-refractivity contribution in [3.05, 3.63) is 71.3 Å². The van der Waals surface area contributed by atoms with Crippen LogP contribution in [0.3, 0.4) is 0 Å². The fourth-order valence-corrected chi connectivity index (χ4v) is 3.46. The highest BCUT2D eigenvalue weighted by Gasteiger charge is 2.14. The van der Waals surface area contributed by atoms with Gasteiger partial charge >= 0.3 is 0 Å². The first-order valence-corrected chi connectivity index (χ1v) is 10.9. The van der Waals surface area contributed by atoms with Gasteiger partial charge in [0.25, 0.3) is 0 Å². The maximum Gasteiger partial charge on any atom is 0.248 e. The molecule has 3 aromatic rings. The van der Waals surface area contributed by atoms with Gasteiger partial charge in [-0.05, 0) is 59.2 Å². The molecule has 2 N–H and O–H groups in total. The fourth-order valence-electron chi connectivity index (χ4n) is 3.46. The van der Waals surface area contributed by atoms with Gasteiger partial charge in [0.15, 0.2) is 23.0 Å². The van der Waals surface area contributed by atoms with E-state index < -0.39 is 5.91 Å². The molecule has 1 amide bonds. The zero-order valence-corrected chi connectivity index (χ0v) is 20.8. The van der Waals surface area contributed by atoms with Gasteiger partial charge < -0.3 is 34.1 Å². The van der Waals surface area contributed by atoms with Crippen molar-refractivity contribution in [1.82, 2.24) is 0 Å². The summed E-state index contributed by atoms with van der Waals surface area (Å²) in [5, 5.41) is 13.2. The summed E-state index contributed by atoms with van der Waals surface area (Å²) >= 11 is 0. The van der Waals surface area contributed by atoms with Crippen LogP contribution in [0.5, 0.6) is 34.5 Å². The van der Waals surface area contributed by atoms with Gasteiger partial charge in [-0.1, -0.05) is 24.3 Å². The first-order valence-electron chi connectivity index (χ1n) is 10.9. The van der Waals surface area contributed by atoms with E-state index in [0.717, 1.165) is 11.1 Å². The molecule has 0 bridgehead atoms. The Morgan fingerprint density at radius 1 is 0.722 bits per heavy atom. The summed E-state index contributed by atoms with van der Waals surface area (Å²) in [7, 11) is 7.66. The molecule has 0 saturated carbocycles. The number of rotatable bonds is 10. The normalized spacial score (nSPS) is 10.9. The van der Waals surface area contributed by atoms with Crippen molar-refractivity contribution in [2.45, 2.75) is 0 Å². The number of hydrogen-bond donors (Lipinski definition) is 2. The lowest BCUT2D eigenvalue weighted by Gasteiger charge is -2.13. The number of phenols is 1. The van der Waals surface area contributed by atoms with Crippen molar-refractivity contribution < 1.29 is 33.6 Å². The van der Waals surface area contributed by atoms with Crippen LogP contribution in [-0.4, -0.2) is 46.6 Å². The number of ether oxygens (including phenoxy) is 5. The molecule has 0 heterocycles. The second-order valence-electron chi connectivity index (χ2n) is 7.51. The second-order valence-corrected chi connectivity index (χ2v) is 7.51. The van der Waals surface area contributed by atoms with E-state index in [0.29, 0.717) is 28.6 Å². The molecule has 0 radical (unpaired) electrons. The lowest BCUT2D eigenvalue weighted by atomic mass is 10.1. The third-order valence-corrected chi connectivity index (χ3v) is 5.25. The molecule has 0 atom stereocenters. The van der Waals surface area contributed by atoms with Gasteiger partial charge in [0.2, 0.25) is 11.7 Å². The van der Waals surface area contributed by atoms with E-state index in [1.54, 1.807) is 52.7 Å². The average Bonchev–Trinajstić information content (AvgIpc) is 2.91. The Kier molecular flexibility index (Phi) is 8.83. The molecular weight excluding hydrogens is 462 g/mol. The van der Waals surface area contributed by atoms with Gasteiger partial charge in [0.05, 0.1) is 41.2 Å². The van der Waals surface area contributed by atoms with Gasteiger partial charge in [0.1, 0.15) is 5.75 Å². The highest BCUT2D eigenvalue weighted by atomic mass is 16.5. The van der Waals surface area contributed by atoms with Gasteiger partial charge in [0, 0.05) is 6.08 Å². The number of phenolic OH excluding ortho intramolecular Hbond substituents is 1. The molecule has 0 aliphatic carbocycles. The number of methoxy groups -OCH3 is 5. The summed E-state index contributed by atoms with van der Waals surface area (Å²) < 4.78 is 26.7. The summed E-state index contributed by atoms with van der Waals surface area (Å²) in [6.45, 7) is 0. The van der Waals surface area contributed by atoms with Gasteiger partial charge in [-0.15, -0.1) is 0 Å². The van der Waals surface area contributed by atoms with Crippen molar-refractivity contribution in [3.63, 3.8) is 0 Å². The van der Waals surface area contributed by atoms with Crippen LogP contribution in [-0.2, 0) is 4.79 Å². The average molecular weight is 492 g/mol. The Hall–Kier alpha value is -4.59. The summed E-state index contributed by atoms with van der Waals surface area (Å²) in [5.41, 5.74) is 2.49. The van der Waals surface area contributed by atoms with E-state index in [1.165, 1.54) is 13.2 Å². The number of benzene rings is 3. The SMILES string of the molecule is COc1cccc(/C=C/C(=O)Nc2cc(C=Cc3cc(OC)c(OC)c(OC)c3)cc(OC)c2O)c1. The minimum Gasteiger partial charge on any atom is -0.503 e. The first-order chi connectivity index (χ1) is 17.4. The summed E-state index contributed by atoms with van der Waals surface area (Å²) in [6, 6.07) is 14.2. The molecule has 0 spiro atoms. The molecular formula is C28H29NO7. The van der Waals surface area contributed by atoms with Crippen LogP contribution in [0.2, 0.25) is 0 Å². The minimum absolute atomic E-state index is 0.175. The molecule has 0 saturated heterocycles. The predicted octanol–water partition coefficient (Wildman–Crippen LogP) is 5.26. The molecule has 0 aliphatic heterocycles. The van der Waals surface area contributed by atoms with E-state index in [1.807, 2.05) is 42.5 Å². The zero-order chi connectivity index (χ0) is 26.1. The van der Waals surface area contributed by atoms with Crippen LogP contribution in [0.1, 0.15) is 16.7 Å². The molecule has 8 heteroatoms. The smallest absolute Gasteiger partial charge is 0.248 e. The van der Waals surface area contributed by atoms with E-state index >= 15 is 0 Å². The van der Waals surface area contributed by atoms with Gasteiger partial charge in [-0.3, -0.25) is 4.79 Å². The molecule has 8 nitrogen and oxygen atoms in total. The maximum absolute atomic E-state index is 12.5. The summed E-state index contributed by atoms with van der Waals surface area (Å²) in [4.78, 5) is 12.5. The Balaban J connectivity index is 1.86. The highest BCUT2D eigenvalue weighted by molar-refractivity contribution is 6.03. The third-order valence-electron chi connectivity index (χ3n) is 5.25. The molecule has 0 aliphatic rings. The highest BCUT2D eigenvalue weighted by Crippen LogP contribution is 2.39. The standard InChI is InChI=1S/C28H29NO7/c1-32-21-8-6-7-18(13-21)11-12-26(30)29-22-14-19(15-23(33-2)27(22)31)9-10-20-16-24(34-3)28(36-5)25(17-20)35-4/h6-17,31H,1-5H3,(H,29,30)/b10-9?,12-11+. The lowest BCUT2D eigenvalue weighted by Crippen LogP contribution is -2.08. The van der Waals surface area contributed by atoms with Crippen LogP contribution in [0, 0.1) is 0 Å². The van der Waals surface area contributed by atoms with E-state index in [4.69, 9.17) is 23.7 Å². The molecule has 0 aromatic heterocycles. The second kappa shape index (κ2) is 12.2. The van der Waals surface area contributed by atoms with Crippen molar-refractivity contribution >= 4 is 29.8 Å². The number of amides is 1. The van der Waals surface area contributed by atoms with E-state index in [9.17, 15) is 9.90 Å². The molecule has 0 unspecified atom stereocenters. The Labute approximate surface area is 210 Å². The van der Waals surface area contributed by atoms with Crippen molar-refractivity contribution in [2.24, 2.45) is 0 Å². The van der Waals surface area contributed by atoms with Gasteiger partial charge in [-0.2, -0.15) is 0 Å².